The van der Waals surface area contributed by atoms with Crippen molar-refractivity contribution in [3.63, 3.8) is 0 Å². The lowest BCUT2D eigenvalue weighted by Crippen LogP contribution is -2.17. The summed E-state index contributed by atoms with van der Waals surface area (Å²) < 4.78 is 7.57. The van der Waals surface area contributed by atoms with Crippen LogP contribution >= 0.6 is 43.2 Å². The summed E-state index contributed by atoms with van der Waals surface area (Å²) in [6, 6.07) is 8.93. The second kappa shape index (κ2) is 7.77. The molecule has 1 unspecified atom stereocenters. The minimum absolute atomic E-state index is 0.354. The first-order chi connectivity index (χ1) is 10.0. The molecular weight excluding hydrogens is 414 g/mol. The largest absolute Gasteiger partial charge is 0.492 e. The molecule has 0 saturated heterocycles. The molecule has 0 saturated carbocycles. The van der Waals surface area contributed by atoms with Gasteiger partial charge in [-0.05, 0) is 82.5 Å². The average Bonchev–Trinajstić information content (AvgIpc) is 2.87. The maximum Gasteiger partial charge on any atom is 0.147 e. The van der Waals surface area contributed by atoms with Gasteiger partial charge in [-0.25, -0.2) is 0 Å². The number of hydrogen-bond acceptors (Lipinski definition) is 3. The second-order valence-electron chi connectivity index (χ2n) is 4.87. The van der Waals surface area contributed by atoms with Crippen molar-refractivity contribution in [2.75, 3.05) is 6.61 Å². The van der Waals surface area contributed by atoms with Gasteiger partial charge in [0.25, 0.3) is 0 Å². The van der Waals surface area contributed by atoms with E-state index < -0.39 is 0 Å². The standard InChI is InChI=1S/C16H19Br2NOS/c1-4-20-16-13(17)7-12(8-14(16)18)9-19-11(3)15-6-5-10(2)21-15/h5-8,11,19H,4,9H2,1-3H3. The minimum atomic E-state index is 0.354. The van der Waals surface area contributed by atoms with E-state index in [9.17, 15) is 0 Å². The van der Waals surface area contributed by atoms with Crippen LogP contribution in [-0.4, -0.2) is 6.61 Å². The van der Waals surface area contributed by atoms with Crippen LogP contribution in [0.15, 0.2) is 33.2 Å². The summed E-state index contributed by atoms with van der Waals surface area (Å²) in [5.41, 5.74) is 1.22. The normalized spacial score (nSPS) is 12.4. The summed E-state index contributed by atoms with van der Waals surface area (Å²) in [6.45, 7) is 7.80. The molecule has 0 radical (unpaired) electrons. The molecule has 1 aromatic carbocycles. The van der Waals surface area contributed by atoms with Crippen LogP contribution in [0.1, 0.15) is 35.2 Å². The fourth-order valence-electron chi connectivity index (χ4n) is 2.05. The Morgan fingerprint density at radius 2 is 1.90 bits per heavy atom. The maximum absolute atomic E-state index is 5.61. The lowest BCUT2D eigenvalue weighted by Gasteiger charge is -2.14. The van der Waals surface area contributed by atoms with E-state index in [1.807, 2.05) is 18.3 Å². The van der Waals surface area contributed by atoms with Gasteiger partial charge in [-0.2, -0.15) is 0 Å². The van der Waals surface area contributed by atoms with E-state index >= 15 is 0 Å². The third-order valence-electron chi connectivity index (χ3n) is 3.15. The smallest absolute Gasteiger partial charge is 0.147 e. The number of aryl methyl sites for hydroxylation is 1. The number of halogens is 2. The molecule has 114 valence electrons. The molecule has 1 heterocycles. The molecule has 0 aliphatic carbocycles. The zero-order valence-electron chi connectivity index (χ0n) is 12.4. The van der Waals surface area contributed by atoms with Gasteiger partial charge in [-0.15, -0.1) is 11.3 Å². The zero-order valence-corrected chi connectivity index (χ0v) is 16.4. The van der Waals surface area contributed by atoms with Crippen LogP contribution in [0.4, 0.5) is 0 Å². The van der Waals surface area contributed by atoms with Crippen molar-refractivity contribution >= 4 is 43.2 Å². The highest BCUT2D eigenvalue weighted by molar-refractivity contribution is 9.11. The molecule has 1 N–H and O–H groups in total. The molecule has 0 amide bonds. The molecule has 1 aromatic heterocycles. The van der Waals surface area contributed by atoms with Gasteiger partial charge in [0, 0.05) is 22.3 Å². The van der Waals surface area contributed by atoms with Crippen LogP contribution in [0.3, 0.4) is 0 Å². The van der Waals surface area contributed by atoms with Crippen LogP contribution in [0.25, 0.3) is 0 Å². The Hall–Kier alpha value is -0.360. The van der Waals surface area contributed by atoms with Gasteiger partial charge in [0.05, 0.1) is 15.6 Å². The quantitative estimate of drug-likeness (QED) is 0.619. The second-order valence-corrected chi connectivity index (χ2v) is 7.90. The van der Waals surface area contributed by atoms with E-state index in [1.54, 1.807) is 0 Å². The van der Waals surface area contributed by atoms with Gasteiger partial charge in [-0.3, -0.25) is 0 Å². The third kappa shape index (κ3) is 4.55. The fraction of sp³-hybridized carbons (Fsp3) is 0.375. The van der Waals surface area contributed by atoms with Gasteiger partial charge >= 0.3 is 0 Å². The highest BCUT2D eigenvalue weighted by Gasteiger charge is 2.11. The summed E-state index contributed by atoms with van der Waals surface area (Å²) in [6.07, 6.45) is 0. The lowest BCUT2D eigenvalue weighted by molar-refractivity contribution is 0.336. The maximum atomic E-state index is 5.61. The predicted molar refractivity (Wildman–Crippen MR) is 97.3 cm³/mol. The average molecular weight is 433 g/mol. The fourth-order valence-corrected chi connectivity index (χ4v) is 4.47. The van der Waals surface area contributed by atoms with Gasteiger partial charge in [0.1, 0.15) is 5.75 Å². The molecule has 0 aliphatic heterocycles. The Kier molecular flexibility index (Phi) is 6.29. The Bertz CT molecular complexity index is 589. The van der Waals surface area contributed by atoms with Gasteiger partial charge in [0.2, 0.25) is 0 Å². The van der Waals surface area contributed by atoms with Crippen molar-refractivity contribution in [1.82, 2.24) is 5.32 Å². The number of thiophene rings is 1. The Morgan fingerprint density at radius 3 is 2.43 bits per heavy atom. The van der Waals surface area contributed by atoms with Crippen LogP contribution in [-0.2, 0) is 6.54 Å². The summed E-state index contributed by atoms with van der Waals surface area (Å²) in [4.78, 5) is 2.72. The predicted octanol–water partition coefficient (Wildman–Crippen LogP) is 5.83. The van der Waals surface area contributed by atoms with Crippen LogP contribution < -0.4 is 10.1 Å². The third-order valence-corrected chi connectivity index (χ3v) is 5.51. The number of hydrogen-bond donors (Lipinski definition) is 1. The minimum Gasteiger partial charge on any atom is -0.492 e. The highest BCUT2D eigenvalue weighted by Crippen LogP contribution is 2.35. The highest BCUT2D eigenvalue weighted by atomic mass is 79.9. The van der Waals surface area contributed by atoms with Gasteiger partial charge in [-0.1, -0.05) is 0 Å². The van der Waals surface area contributed by atoms with Crippen LogP contribution in [0, 0.1) is 6.92 Å². The molecule has 5 heteroatoms. The SMILES string of the molecule is CCOc1c(Br)cc(CNC(C)c2ccc(C)s2)cc1Br. The Labute approximate surface area is 147 Å². The number of benzene rings is 1. The Morgan fingerprint density at radius 1 is 1.24 bits per heavy atom. The molecule has 0 spiro atoms. The molecule has 21 heavy (non-hydrogen) atoms. The van der Waals surface area contributed by atoms with Crippen molar-refractivity contribution < 1.29 is 4.74 Å². The van der Waals surface area contributed by atoms with E-state index in [0.29, 0.717) is 12.6 Å². The van der Waals surface area contributed by atoms with E-state index in [-0.39, 0.29) is 0 Å². The van der Waals surface area contributed by atoms with Crippen LogP contribution in [0.5, 0.6) is 5.75 Å². The molecule has 0 fully saturated rings. The first-order valence-corrected chi connectivity index (χ1v) is 9.32. The van der Waals surface area contributed by atoms with E-state index in [1.165, 1.54) is 15.3 Å². The van der Waals surface area contributed by atoms with Crippen molar-refractivity contribution in [1.29, 1.82) is 0 Å². The summed E-state index contributed by atoms with van der Waals surface area (Å²) in [5.74, 6) is 0.864. The summed E-state index contributed by atoms with van der Waals surface area (Å²) in [7, 11) is 0. The summed E-state index contributed by atoms with van der Waals surface area (Å²) in [5, 5.41) is 3.56. The van der Waals surface area contributed by atoms with Crippen LogP contribution in [0.2, 0.25) is 0 Å². The van der Waals surface area contributed by atoms with Crippen molar-refractivity contribution in [3.8, 4) is 5.75 Å². The molecular formula is C16H19Br2NOS. The van der Waals surface area contributed by atoms with Crippen molar-refractivity contribution in [2.24, 2.45) is 0 Å². The molecule has 2 rings (SSSR count). The van der Waals surface area contributed by atoms with E-state index in [0.717, 1.165) is 21.2 Å². The number of nitrogens with one attached hydrogen (secondary N) is 1. The molecule has 2 nitrogen and oxygen atoms in total. The molecule has 0 aliphatic rings. The number of ether oxygens (including phenoxy) is 1. The molecule has 1 atom stereocenters. The first kappa shape index (κ1) is 17.0. The first-order valence-electron chi connectivity index (χ1n) is 6.91. The van der Waals surface area contributed by atoms with E-state index in [2.05, 4.69) is 75.3 Å². The van der Waals surface area contributed by atoms with Gasteiger partial charge in [0.15, 0.2) is 0 Å². The lowest BCUT2D eigenvalue weighted by atomic mass is 10.2. The number of rotatable bonds is 6. The monoisotopic (exact) mass is 431 g/mol. The Balaban J connectivity index is 2.03. The zero-order chi connectivity index (χ0) is 15.4. The van der Waals surface area contributed by atoms with E-state index in [4.69, 9.17) is 4.74 Å². The summed E-state index contributed by atoms with van der Waals surface area (Å²) >= 11 is 8.99. The van der Waals surface area contributed by atoms with Crippen molar-refractivity contribution in [3.05, 3.63) is 48.5 Å². The molecule has 2 aromatic rings. The molecule has 0 bridgehead atoms. The topological polar surface area (TPSA) is 21.3 Å². The van der Waals surface area contributed by atoms with Crippen molar-refractivity contribution in [2.45, 2.75) is 33.4 Å². The van der Waals surface area contributed by atoms with Gasteiger partial charge < -0.3 is 10.1 Å².